The molecule has 0 fully saturated rings. The van der Waals surface area contributed by atoms with Crippen molar-refractivity contribution in [3.63, 3.8) is 0 Å². The van der Waals surface area contributed by atoms with Gasteiger partial charge in [0.2, 0.25) is 11.9 Å². The maximum atomic E-state index is 12.6. The number of rotatable bonds is 3. The Hall–Kier alpha value is -2.04. The third-order valence-electron chi connectivity index (χ3n) is 2.04. The van der Waals surface area contributed by atoms with Crippen LogP contribution >= 0.6 is 10.2 Å². The Morgan fingerprint density at radius 1 is 1.16 bits per heavy atom. The number of H-pyrrole nitrogens is 1. The lowest BCUT2D eigenvalue weighted by molar-refractivity contribution is 0.364. The molecule has 0 unspecified atom stereocenters. The summed E-state index contributed by atoms with van der Waals surface area (Å²) < 4.78 is 62.9. The molecule has 0 amide bonds. The smallest absolute Gasteiger partial charge is 0.310 e. The highest BCUT2D eigenvalue weighted by Gasteiger charge is 2.65. The summed E-state index contributed by atoms with van der Waals surface area (Å²) in [6, 6.07) is 2.61. The van der Waals surface area contributed by atoms with Crippen molar-refractivity contribution < 1.29 is 19.4 Å². The second-order valence-corrected chi connectivity index (χ2v) is 6.08. The number of hydrogen-bond donors (Lipinski definition) is 3. The average molecular weight is 301 g/mol. The van der Waals surface area contributed by atoms with Gasteiger partial charge in [-0.25, -0.2) is 5.10 Å². The number of anilines is 3. The van der Waals surface area contributed by atoms with Crippen LogP contribution in [0.15, 0.2) is 29.2 Å². The van der Waals surface area contributed by atoms with Crippen LogP contribution < -0.4 is 11.1 Å². The van der Waals surface area contributed by atoms with E-state index < -0.39 is 15.1 Å². The van der Waals surface area contributed by atoms with Gasteiger partial charge < -0.3 is 11.1 Å². The molecule has 5 nitrogen and oxygen atoms in total. The SMILES string of the molecule is Nc1nc(Nc2cccc(S(F)(F)(F)(F)F)c2)n[nH]1. The van der Waals surface area contributed by atoms with Crippen molar-refractivity contribution >= 4 is 27.8 Å². The highest BCUT2D eigenvalue weighted by molar-refractivity contribution is 8.45. The van der Waals surface area contributed by atoms with E-state index in [1.54, 1.807) is 0 Å². The molecule has 2 rings (SSSR count). The first kappa shape index (κ1) is 13.4. The minimum atomic E-state index is -9.70. The summed E-state index contributed by atoms with van der Waals surface area (Å²) in [5.74, 6) is -0.192. The fourth-order valence-corrected chi connectivity index (χ4v) is 1.96. The van der Waals surface area contributed by atoms with Gasteiger partial charge in [0.15, 0.2) is 0 Å². The van der Waals surface area contributed by atoms with E-state index >= 15 is 0 Å². The van der Waals surface area contributed by atoms with Crippen molar-refractivity contribution in [3.05, 3.63) is 24.3 Å². The van der Waals surface area contributed by atoms with E-state index in [4.69, 9.17) is 5.73 Å². The monoisotopic (exact) mass is 301 g/mol. The second kappa shape index (κ2) is 3.29. The summed E-state index contributed by atoms with van der Waals surface area (Å²) in [5.41, 5.74) is 4.98. The third kappa shape index (κ3) is 3.24. The standard InChI is InChI=1S/C8H8F5N5S/c9-19(10,11,12,13)6-3-1-2-5(4-6)15-8-16-7(14)17-18-8/h1-4H,(H4,14,15,16,17,18). The van der Waals surface area contributed by atoms with Crippen LogP contribution in [-0.2, 0) is 0 Å². The molecule has 0 radical (unpaired) electrons. The van der Waals surface area contributed by atoms with Gasteiger partial charge in [-0.2, -0.15) is 4.98 Å². The molecule has 4 N–H and O–H groups in total. The number of benzene rings is 1. The van der Waals surface area contributed by atoms with Crippen LogP contribution in [0.1, 0.15) is 0 Å². The molecular weight excluding hydrogens is 293 g/mol. The van der Waals surface area contributed by atoms with Crippen molar-refractivity contribution in [2.45, 2.75) is 4.90 Å². The number of aromatic amines is 1. The van der Waals surface area contributed by atoms with Gasteiger partial charge in [0.05, 0.1) is 0 Å². The third-order valence-corrected chi connectivity index (χ3v) is 3.18. The Morgan fingerprint density at radius 3 is 2.37 bits per heavy atom. The topological polar surface area (TPSA) is 79.6 Å². The second-order valence-electron chi connectivity index (χ2n) is 3.67. The molecule has 0 aliphatic heterocycles. The summed E-state index contributed by atoms with van der Waals surface area (Å²) in [6.45, 7) is 0. The number of nitrogen functional groups attached to an aromatic ring is 1. The molecule has 1 heterocycles. The van der Waals surface area contributed by atoms with Gasteiger partial charge in [-0.3, -0.25) is 0 Å². The van der Waals surface area contributed by atoms with Crippen molar-refractivity contribution in [1.29, 1.82) is 0 Å². The summed E-state index contributed by atoms with van der Waals surface area (Å²) in [5, 5.41) is 8.07. The molecule has 1 aromatic carbocycles. The Kier molecular flexibility index (Phi) is 2.32. The molecule has 0 saturated carbocycles. The zero-order valence-electron chi connectivity index (χ0n) is 9.08. The molecular formula is C8H8F5N5S. The number of nitrogens with two attached hydrogens (primary N) is 1. The van der Waals surface area contributed by atoms with E-state index in [0.29, 0.717) is 6.07 Å². The molecule has 0 aliphatic rings. The summed E-state index contributed by atoms with van der Waals surface area (Å²) in [6.07, 6.45) is 0. The normalized spacial score (nSPS) is 15.6. The molecule has 0 saturated heterocycles. The lowest BCUT2D eigenvalue weighted by Gasteiger charge is -2.40. The lowest BCUT2D eigenvalue weighted by atomic mass is 10.3. The zero-order valence-corrected chi connectivity index (χ0v) is 9.90. The first-order valence-electron chi connectivity index (χ1n) is 4.73. The number of nitrogens with zero attached hydrogens (tertiary/aromatic N) is 2. The van der Waals surface area contributed by atoms with Crippen molar-refractivity contribution in [2.75, 3.05) is 11.1 Å². The van der Waals surface area contributed by atoms with Gasteiger partial charge in [-0.05, 0) is 18.2 Å². The molecule has 1 aromatic heterocycles. The quantitative estimate of drug-likeness (QED) is 0.754. The first-order chi connectivity index (χ1) is 8.44. The highest BCUT2D eigenvalue weighted by atomic mass is 32.5. The van der Waals surface area contributed by atoms with Gasteiger partial charge in [0.1, 0.15) is 4.90 Å². The average Bonchev–Trinajstić information content (AvgIpc) is 2.61. The Labute approximate surface area is 103 Å². The maximum absolute atomic E-state index is 12.6. The molecule has 106 valence electrons. The van der Waals surface area contributed by atoms with Crippen LogP contribution in [0.3, 0.4) is 0 Å². The maximum Gasteiger partial charge on any atom is 0.310 e. The molecule has 2 aromatic rings. The Balaban J connectivity index is 2.36. The van der Waals surface area contributed by atoms with Crippen LogP contribution in [0.25, 0.3) is 0 Å². The number of aromatic nitrogens is 3. The fourth-order valence-electron chi connectivity index (χ4n) is 1.27. The van der Waals surface area contributed by atoms with Crippen LogP contribution in [-0.4, -0.2) is 15.2 Å². The van der Waals surface area contributed by atoms with Gasteiger partial charge in [-0.15, -0.1) is 5.10 Å². The highest BCUT2D eigenvalue weighted by Crippen LogP contribution is 3.02. The first-order valence-corrected chi connectivity index (χ1v) is 6.68. The summed E-state index contributed by atoms with van der Waals surface area (Å²) >= 11 is 0. The zero-order chi connectivity index (χ0) is 14.4. The van der Waals surface area contributed by atoms with Gasteiger partial charge >= 0.3 is 10.2 Å². The van der Waals surface area contributed by atoms with Crippen molar-refractivity contribution in [2.24, 2.45) is 0 Å². The molecule has 0 spiro atoms. The summed E-state index contributed by atoms with van der Waals surface area (Å²) in [4.78, 5) is 1.58. The number of halogens is 5. The van der Waals surface area contributed by atoms with Crippen LogP contribution in [0.5, 0.6) is 0 Å². The van der Waals surface area contributed by atoms with E-state index in [2.05, 4.69) is 20.5 Å². The minimum Gasteiger partial charge on any atom is -0.368 e. The predicted octanol–water partition coefficient (Wildman–Crippen LogP) is 3.79. The van der Waals surface area contributed by atoms with E-state index in [1.165, 1.54) is 6.07 Å². The van der Waals surface area contributed by atoms with E-state index in [1.807, 2.05) is 0 Å². The largest absolute Gasteiger partial charge is 0.368 e. The molecule has 19 heavy (non-hydrogen) atoms. The molecule has 11 heteroatoms. The number of hydrogen-bond acceptors (Lipinski definition) is 4. The van der Waals surface area contributed by atoms with E-state index in [9.17, 15) is 19.4 Å². The predicted molar refractivity (Wildman–Crippen MR) is 61.9 cm³/mol. The van der Waals surface area contributed by atoms with Crippen LogP contribution in [0.4, 0.5) is 37.0 Å². The van der Waals surface area contributed by atoms with Crippen molar-refractivity contribution in [1.82, 2.24) is 15.2 Å². The van der Waals surface area contributed by atoms with E-state index in [-0.39, 0.29) is 23.7 Å². The van der Waals surface area contributed by atoms with Crippen molar-refractivity contribution in [3.8, 4) is 0 Å². The Bertz CT molecular complexity index is 622. The molecule has 0 atom stereocenters. The van der Waals surface area contributed by atoms with Crippen LogP contribution in [0, 0.1) is 0 Å². The number of nitrogens with one attached hydrogen (secondary N) is 2. The molecule has 0 aliphatic carbocycles. The Morgan fingerprint density at radius 2 is 1.84 bits per heavy atom. The van der Waals surface area contributed by atoms with Crippen LogP contribution in [0.2, 0.25) is 0 Å². The van der Waals surface area contributed by atoms with Gasteiger partial charge in [0, 0.05) is 5.69 Å². The van der Waals surface area contributed by atoms with E-state index in [0.717, 1.165) is 6.07 Å². The lowest BCUT2D eigenvalue weighted by Crippen LogP contribution is -2.06. The fraction of sp³-hybridized carbons (Fsp3) is 0. The minimum absolute atomic E-state index is 0.0635. The summed E-state index contributed by atoms with van der Waals surface area (Å²) in [7, 11) is -9.70. The molecule has 0 bridgehead atoms. The van der Waals surface area contributed by atoms with Gasteiger partial charge in [0.25, 0.3) is 0 Å². The van der Waals surface area contributed by atoms with Gasteiger partial charge in [-0.1, -0.05) is 25.5 Å².